The molecule has 3 aliphatic carbocycles. The van der Waals surface area contributed by atoms with Crippen LogP contribution >= 0.6 is 0 Å². The van der Waals surface area contributed by atoms with Crippen molar-refractivity contribution < 1.29 is 14.7 Å². The van der Waals surface area contributed by atoms with Crippen molar-refractivity contribution in [2.45, 2.75) is 25.7 Å². The molecule has 0 saturated carbocycles. The van der Waals surface area contributed by atoms with Gasteiger partial charge in [-0.25, -0.2) is 0 Å². The van der Waals surface area contributed by atoms with Crippen molar-refractivity contribution in [2.75, 3.05) is 0 Å². The first kappa shape index (κ1) is 14.2. The van der Waals surface area contributed by atoms with E-state index < -0.39 is 5.97 Å². The topological polar surface area (TPSA) is 54.4 Å². The average molecular weight is 306 g/mol. The van der Waals surface area contributed by atoms with Gasteiger partial charge >= 0.3 is 5.97 Å². The van der Waals surface area contributed by atoms with Gasteiger partial charge in [0.25, 0.3) is 0 Å². The van der Waals surface area contributed by atoms with Gasteiger partial charge < -0.3 is 5.11 Å². The minimum Gasteiger partial charge on any atom is -0.481 e. The van der Waals surface area contributed by atoms with Crippen LogP contribution in [0.2, 0.25) is 0 Å². The highest BCUT2D eigenvalue weighted by molar-refractivity contribution is 6.08. The van der Waals surface area contributed by atoms with Gasteiger partial charge in [0.2, 0.25) is 0 Å². The Labute approximate surface area is 135 Å². The van der Waals surface area contributed by atoms with E-state index in [2.05, 4.69) is 30.4 Å². The van der Waals surface area contributed by atoms with Crippen molar-refractivity contribution in [3.63, 3.8) is 0 Å². The summed E-state index contributed by atoms with van der Waals surface area (Å²) in [4.78, 5) is 23.4. The summed E-state index contributed by atoms with van der Waals surface area (Å²) in [5, 5.41) is 8.85. The molecule has 0 fully saturated rings. The highest BCUT2D eigenvalue weighted by Gasteiger charge is 2.40. The van der Waals surface area contributed by atoms with Crippen molar-refractivity contribution in [3.8, 4) is 0 Å². The number of aliphatic carboxylic acids is 1. The lowest BCUT2D eigenvalue weighted by atomic mass is 9.72. The van der Waals surface area contributed by atoms with E-state index in [1.165, 1.54) is 16.7 Å². The minimum absolute atomic E-state index is 0.0685. The molecule has 0 aliphatic heterocycles. The molecule has 0 radical (unpaired) electrons. The number of hydrogen-bond donors (Lipinski definition) is 1. The lowest BCUT2D eigenvalue weighted by Crippen LogP contribution is -2.24. The summed E-state index contributed by atoms with van der Waals surface area (Å²) in [5.74, 6) is -0.600. The van der Waals surface area contributed by atoms with Gasteiger partial charge in [0.05, 0.1) is 6.42 Å². The van der Waals surface area contributed by atoms with Crippen molar-refractivity contribution in [2.24, 2.45) is 11.8 Å². The standard InChI is InChI=1S/C20H18O3/c21-17(10-11-18(22)23)16-9-8-12-4-3-7-14-13-5-1-2-6-15(13)20(16)19(12)14/h1-7,12,16H,8-11H2,(H,22,23). The van der Waals surface area contributed by atoms with E-state index in [0.29, 0.717) is 5.92 Å². The first-order chi connectivity index (χ1) is 11.2. The van der Waals surface area contributed by atoms with E-state index in [1.807, 2.05) is 12.1 Å². The molecule has 0 spiro atoms. The van der Waals surface area contributed by atoms with Gasteiger partial charge in [-0.05, 0) is 40.7 Å². The number of ketones is 1. The molecule has 0 aromatic heterocycles. The zero-order chi connectivity index (χ0) is 16.0. The van der Waals surface area contributed by atoms with Crippen LogP contribution in [0.15, 0.2) is 48.1 Å². The summed E-state index contributed by atoms with van der Waals surface area (Å²) in [5.41, 5.74) is 6.08. The van der Waals surface area contributed by atoms with Crippen LogP contribution in [0, 0.1) is 11.8 Å². The Bertz CT molecular complexity index is 795. The first-order valence-corrected chi connectivity index (χ1v) is 8.14. The van der Waals surface area contributed by atoms with Gasteiger partial charge in [0.1, 0.15) is 5.78 Å². The lowest BCUT2D eigenvalue weighted by molar-refractivity contribution is -0.138. The molecule has 23 heavy (non-hydrogen) atoms. The SMILES string of the molecule is O=C(O)CCC(=O)C1CCC2C=CC=C3C2=C1c1ccccc13. The van der Waals surface area contributed by atoms with Crippen molar-refractivity contribution >= 4 is 22.9 Å². The van der Waals surface area contributed by atoms with Crippen molar-refractivity contribution in [1.29, 1.82) is 0 Å². The molecule has 3 heteroatoms. The number of carbonyl (C=O) groups excluding carboxylic acids is 1. The Balaban J connectivity index is 1.78. The molecule has 3 aliphatic rings. The van der Waals surface area contributed by atoms with E-state index in [9.17, 15) is 9.59 Å². The zero-order valence-corrected chi connectivity index (χ0v) is 12.8. The molecule has 0 saturated heterocycles. The second-order valence-corrected chi connectivity index (χ2v) is 6.43. The molecule has 0 amide bonds. The van der Waals surface area contributed by atoms with Gasteiger partial charge in [-0.3, -0.25) is 9.59 Å². The van der Waals surface area contributed by atoms with E-state index in [1.54, 1.807) is 0 Å². The third-order valence-corrected chi connectivity index (χ3v) is 5.15. The first-order valence-electron chi connectivity index (χ1n) is 8.14. The third kappa shape index (κ3) is 2.19. The van der Waals surface area contributed by atoms with Gasteiger partial charge in [-0.15, -0.1) is 0 Å². The number of benzene rings is 1. The summed E-state index contributed by atoms with van der Waals surface area (Å²) in [6, 6.07) is 8.26. The molecule has 0 heterocycles. The summed E-state index contributed by atoms with van der Waals surface area (Å²) in [7, 11) is 0. The van der Waals surface area contributed by atoms with Crippen LogP contribution in [0.4, 0.5) is 0 Å². The summed E-state index contributed by atoms with van der Waals surface area (Å²) in [6.07, 6.45) is 8.31. The maximum Gasteiger partial charge on any atom is 0.303 e. The fourth-order valence-corrected chi connectivity index (χ4v) is 4.18. The lowest BCUT2D eigenvalue weighted by Gasteiger charge is -2.30. The number of hydrogen-bond acceptors (Lipinski definition) is 2. The van der Waals surface area contributed by atoms with Crippen LogP contribution in [-0.4, -0.2) is 16.9 Å². The Morgan fingerprint density at radius 1 is 1.04 bits per heavy atom. The van der Waals surface area contributed by atoms with E-state index >= 15 is 0 Å². The molecule has 2 atom stereocenters. The van der Waals surface area contributed by atoms with Gasteiger partial charge in [-0.1, -0.05) is 42.5 Å². The molecule has 3 nitrogen and oxygen atoms in total. The van der Waals surface area contributed by atoms with Crippen LogP contribution in [0.5, 0.6) is 0 Å². The monoisotopic (exact) mass is 306 g/mol. The molecule has 1 aromatic carbocycles. The zero-order valence-electron chi connectivity index (χ0n) is 12.8. The van der Waals surface area contributed by atoms with E-state index in [0.717, 1.165) is 24.0 Å². The fourth-order valence-electron chi connectivity index (χ4n) is 4.18. The second-order valence-electron chi connectivity index (χ2n) is 6.43. The van der Waals surface area contributed by atoms with Crippen LogP contribution in [0.25, 0.3) is 11.1 Å². The molecule has 116 valence electrons. The fraction of sp³-hybridized carbons (Fsp3) is 0.300. The number of carbonyl (C=O) groups is 2. The molecule has 4 rings (SSSR count). The predicted octanol–water partition coefficient (Wildman–Crippen LogP) is 3.87. The van der Waals surface area contributed by atoms with E-state index in [-0.39, 0.29) is 24.5 Å². The quantitative estimate of drug-likeness (QED) is 0.918. The van der Waals surface area contributed by atoms with Crippen LogP contribution in [0.3, 0.4) is 0 Å². The predicted molar refractivity (Wildman–Crippen MR) is 88.6 cm³/mol. The number of Topliss-reactive ketones (excluding diaryl/α,β-unsaturated/α-hetero) is 1. The number of fused-ring (bicyclic) bond motifs is 3. The van der Waals surface area contributed by atoms with Crippen molar-refractivity contribution in [1.82, 2.24) is 0 Å². The highest BCUT2D eigenvalue weighted by Crippen LogP contribution is 2.54. The Morgan fingerprint density at radius 3 is 2.61 bits per heavy atom. The number of carboxylic acids is 1. The highest BCUT2D eigenvalue weighted by atomic mass is 16.4. The van der Waals surface area contributed by atoms with Crippen LogP contribution < -0.4 is 0 Å². The minimum atomic E-state index is -0.905. The summed E-state index contributed by atoms with van der Waals surface area (Å²) < 4.78 is 0. The number of allylic oxidation sites excluding steroid dienone is 6. The maximum atomic E-state index is 12.6. The van der Waals surface area contributed by atoms with Gasteiger partial charge in [0, 0.05) is 18.3 Å². The summed E-state index contributed by atoms with van der Waals surface area (Å²) in [6.45, 7) is 0. The Kier molecular flexibility index (Phi) is 3.29. The Morgan fingerprint density at radius 2 is 1.83 bits per heavy atom. The summed E-state index contributed by atoms with van der Waals surface area (Å²) >= 11 is 0. The normalized spacial score (nSPS) is 24.1. The molecule has 1 N–H and O–H groups in total. The largest absolute Gasteiger partial charge is 0.481 e. The second kappa shape index (κ2) is 5.34. The molecule has 1 aromatic rings. The average Bonchev–Trinajstić information content (AvgIpc) is 2.90. The number of carboxylic acid groups (broad SMARTS) is 1. The Hall–Kier alpha value is -2.42. The van der Waals surface area contributed by atoms with Crippen LogP contribution in [0.1, 0.15) is 36.8 Å². The van der Waals surface area contributed by atoms with Gasteiger partial charge in [-0.2, -0.15) is 0 Å². The molecular formula is C20H18O3. The number of rotatable bonds is 4. The van der Waals surface area contributed by atoms with Crippen molar-refractivity contribution in [3.05, 3.63) is 59.2 Å². The molecule has 2 unspecified atom stereocenters. The smallest absolute Gasteiger partial charge is 0.303 e. The third-order valence-electron chi connectivity index (χ3n) is 5.15. The van der Waals surface area contributed by atoms with Gasteiger partial charge in [0.15, 0.2) is 0 Å². The maximum absolute atomic E-state index is 12.6. The van der Waals surface area contributed by atoms with Crippen LogP contribution in [-0.2, 0) is 9.59 Å². The molecular weight excluding hydrogens is 288 g/mol. The molecule has 0 bridgehead atoms. The van der Waals surface area contributed by atoms with E-state index in [4.69, 9.17) is 5.11 Å².